The second kappa shape index (κ2) is 9.03. The van der Waals surface area contributed by atoms with E-state index in [0.29, 0.717) is 11.5 Å². The number of carbonyl (C=O) groups is 2. The number of aromatic nitrogens is 2. The lowest BCUT2D eigenvalue weighted by Crippen LogP contribution is -2.51. The maximum Gasteiger partial charge on any atom is 0.261 e. The summed E-state index contributed by atoms with van der Waals surface area (Å²) in [5, 5.41) is 2.82. The number of hydrazine groups is 1. The zero-order chi connectivity index (χ0) is 21.8. The van der Waals surface area contributed by atoms with E-state index in [1.807, 2.05) is 45.9 Å². The van der Waals surface area contributed by atoms with Crippen molar-refractivity contribution >= 4 is 17.8 Å². The predicted molar refractivity (Wildman–Crippen MR) is 115 cm³/mol. The number of nitrogens with one attached hydrogen (secondary N) is 3. The third-order valence-corrected chi connectivity index (χ3v) is 4.53. The molecule has 2 rings (SSSR count). The third kappa shape index (κ3) is 6.27. The second-order valence-corrected chi connectivity index (χ2v) is 8.61. The van der Waals surface area contributed by atoms with Crippen LogP contribution in [-0.2, 0) is 10.2 Å². The quantitative estimate of drug-likeness (QED) is 0.650. The molecule has 7 heteroatoms. The lowest BCUT2D eigenvalue weighted by molar-refractivity contribution is -0.123. The Morgan fingerprint density at radius 3 is 2.00 bits per heavy atom. The Morgan fingerprint density at radius 2 is 1.52 bits per heavy atom. The SMILES string of the molecule is Cc1cc(C)nc(NNC(=O)C(NC(=O)c2ccc(C(C)(C)C)cc2)C(C)C)n1. The van der Waals surface area contributed by atoms with Crippen molar-refractivity contribution < 1.29 is 9.59 Å². The van der Waals surface area contributed by atoms with E-state index >= 15 is 0 Å². The molecule has 0 saturated heterocycles. The largest absolute Gasteiger partial charge is 0.340 e. The summed E-state index contributed by atoms with van der Waals surface area (Å²) < 4.78 is 0. The van der Waals surface area contributed by atoms with Crippen LogP contribution < -0.4 is 16.2 Å². The number of nitrogens with zero attached hydrogens (tertiary/aromatic N) is 2. The first-order valence-electron chi connectivity index (χ1n) is 9.77. The van der Waals surface area contributed by atoms with Crippen LogP contribution in [0, 0.1) is 19.8 Å². The van der Waals surface area contributed by atoms with Gasteiger partial charge in [-0.2, -0.15) is 0 Å². The highest BCUT2D eigenvalue weighted by Crippen LogP contribution is 2.22. The molecule has 7 nitrogen and oxygen atoms in total. The maximum atomic E-state index is 12.7. The lowest BCUT2D eigenvalue weighted by atomic mass is 9.86. The Kier molecular flexibility index (Phi) is 6.95. The Morgan fingerprint density at radius 1 is 0.966 bits per heavy atom. The van der Waals surface area contributed by atoms with Gasteiger partial charge in [-0.25, -0.2) is 9.97 Å². The van der Waals surface area contributed by atoms with Gasteiger partial charge in [0.25, 0.3) is 11.8 Å². The molecule has 0 aliphatic rings. The first kappa shape index (κ1) is 22.3. The molecule has 0 fully saturated rings. The molecule has 0 saturated carbocycles. The number of carbonyl (C=O) groups excluding carboxylic acids is 2. The fourth-order valence-electron chi connectivity index (χ4n) is 2.86. The molecule has 2 aromatic rings. The monoisotopic (exact) mass is 397 g/mol. The van der Waals surface area contributed by atoms with Gasteiger partial charge >= 0.3 is 0 Å². The van der Waals surface area contributed by atoms with E-state index in [9.17, 15) is 9.59 Å². The summed E-state index contributed by atoms with van der Waals surface area (Å²) in [6.07, 6.45) is 0. The first-order valence-corrected chi connectivity index (χ1v) is 9.77. The molecule has 1 aromatic heterocycles. The van der Waals surface area contributed by atoms with Gasteiger partial charge in [0.05, 0.1) is 0 Å². The van der Waals surface area contributed by atoms with Crippen LogP contribution in [0.5, 0.6) is 0 Å². The zero-order valence-corrected chi connectivity index (χ0v) is 18.3. The van der Waals surface area contributed by atoms with E-state index in [-0.39, 0.29) is 23.1 Å². The number of benzene rings is 1. The van der Waals surface area contributed by atoms with Crippen LogP contribution in [0.25, 0.3) is 0 Å². The predicted octanol–water partition coefficient (Wildman–Crippen LogP) is 3.29. The summed E-state index contributed by atoms with van der Waals surface area (Å²) in [4.78, 5) is 33.7. The molecule has 156 valence electrons. The van der Waals surface area contributed by atoms with Gasteiger partial charge in [-0.05, 0) is 48.9 Å². The number of hydrogen-bond donors (Lipinski definition) is 3. The highest BCUT2D eigenvalue weighted by molar-refractivity contribution is 5.97. The van der Waals surface area contributed by atoms with Crippen LogP contribution in [0.15, 0.2) is 30.3 Å². The van der Waals surface area contributed by atoms with E-state index < -0.39 is 6.04 Å². The van der Waals surface area contributed by atoms with E-state index in [1.165, 1.54) is 0 Å². The molecule has 0 aliphatic heterocycles. The van der Waals surface area contributed by atoms with E-state index in [1.54, 1.807) is 12.1 Å². The fraction of sp³-hybridized carbons (Fsp3) is 0.455. The molecule has 0 radical (unpaired) electrons. The minimum Gasteiger partial charge on any atom is -0.340 e. The standard InChI is InChI=1S/C22H31N5O2/c1-13(2)18(20(29)26-27-21-23-14(3)12-15(4)24-21)25-19(28)16-8-10-17(11-9-16)22(5,6)7/h8-13,18H,1-7H3,(H,25,28)(H,26,29)(H,23,24,27). The Bertz CT molecular complexity index is 850. The summed E-state index contributed by atoms with van der Waals surface area (Å²) in [5.41, 5.74) is 8.57. The van der Waals surface area contributed by atoms with Crippen molar-refractivity contribution in [3.8, 4) is 0 Å². The molecule has 29 heavy (non-hydrogen) atoms. The summed E-state index contributed by atoms with van der Waals surface area (Å²) in [6, 6.07) is 8.59. The molecule has 1 unspecified atom stereocenters. The minimum absolute atomic E-state index is 0.0112. The van der Waals surface area contributed by atoms with Crippen LogP contribution in [0.2, 0.25) is 0 Å². The van der Waals surface area contributed by atoms with Crippen LogP contribution in [0.3, 0.4) is 0 Å². The van der Waals surface area contributed by atoms with Gasteiger partial charge in [0, 0.05) is 17.0 Å². The molecule has 0 aliphatic carbocycles. The Balaban J connectivity index is 2.04. The van der Waals surface area contributed by atoms with Gasteiger partial charge in [-0.15, -0.1) is 0 Å². The van der Waals surface area contributed by atoms with Crippen molar-refractivity contribution in [1.82, 2.24) is 20.7 Å². The first-order chi connectivity index (χ1) is 13.5. The molecular formula is C22H31N5O2. The highest BCUT2D eigenvalue weighted by Gasteiger charge is 2.25. The molecule has 3 N–H and O–H groups in total. The summed E-state index contributed by atoms with van der Waals surface area (Å²) in [5.74, 6) is -0.443. The van der Waals surface area contributed by atoms with Crippen LogP contribution in [0.4, 0.5) is 5.95 Å². The van der Waals surface area contributed by atoms with Gasteiger partial charge in [0.1, 0.15) is 6.04 Å². The third-order valence-electron chi connectivity index (χ3n) is 4.53. The minimum atomic E-state index is -0.705. The number of rotatable bonds is 6. The number of anilines is 1. The van der Waals surface area contributed by atoms with E-state index in [4.69, 9.17) is 0 Å². The number of hydrogen-bond acceptors (Lipinski definition) is 5. The van der Waals surface area contributed by atoms with Crippen LogP contribution in [-0.4, -0.2) is 27.8 Å². The van der Waals surface area contributed by atoms with Gasteiger partial charge in [0.2, 0.25) is 5.95 Å². The van der Waals surface area contributed by atoms with E-state index in [2.05, 4.69) is 46.9 Å². The zero-order valence-electron chi connectivity index (χ0n) is 18.3. The van der Waals surface area contributed by atoms with Crippen LogP contribution in [0.1, 0.15) is 61.9 Å². The van der Waals surface area contributed by atoms with Gasteiger partial charge in [-0.3, -0.25) is 20.4 Å². The Hall–Kier alpha value is -2.96. The summed E-state index contributed by atoms with van der Waals surface area (Å²) >= 11 is 0. The average Bonchev–Trinajstić information content (AvgIpc) is 2.62. The molecule has 0 bridgehead atoms. The summed E-state index contributed by atoms with van der Waals surface area (Å²) in [7, 11) is 0. The lowest BCUT2D eigenvalue weighted by Gasteiger charge is -2.22. The molecule has 2 amide bonds. The van der Waals surface area contributed by atoms with Crippen molar-refractivity contribution in [3.63, 3.8) is 0 Å². The molecule has 1 aromatic carbocycles. The topological polar surface area (TPSA) is 96.0 Å². The van der Waals surface area contributed by atoms with Crippen molar-refractivity contribution in [3.05, 3.63) is 52.8 Å². The van der Waals surface area contributed by atoms with Gasteiger partial charge in [0.15, 0.2) is 0 Å². The number of aryl methyl sites for hydroxylation is 2. The molecule has 1 atom stereocenters. The highest BCUT2D eigenvalue weighted by atomic mass is 16.2. The maximum absolute atomic E-state index is 12.7. The van der Waals surface area contributed by atoms with Crippen molar-refractivity contribution in [2.45, 2.75) is 59.9 Å². The Labute approximate surface area is 172 Å². The molecule has 0 spiro atoms. The van der Waals surface area contributed by atoms with Gasteiger partial charge in [-0.1, -0.05) is 46.8 Å². The van der Waals surface area contributed by atoms with E-state index in [0.717, 1.165) is 17.0 Å². The van der Waals surface area contributed by atoms with Crippen LogP contribution >= 0.6 is 0 Å². The van der Waals surface area contributed by atoms with Gasteiger partial charge < -0.3 is 5.32 Å². The fourth-order valence-corrected chi connectivity index (χ4v) is 2.86. The van der Waals surface area contributed by atoms with Crippen molar-refractivity contribution in [2.75, 3.05) is 5.43 Å². The van der Waals surface area contributed by atoms with Crippen molar-refractivity contribution in [1.29, 1.82) is 0 Å². The summed E-state index contributed by atoms with van der Waals surface area (Å²) in [6.45, 7) is 13.8. The molecule has 1 heterocycles. The molecular weight excluding hydrogens is 366 g/mol. The normalized spacial score (nSPS) is 12.4. The average molecular weight is 398 g/mol. The second-order valence-electron chi connectivity index (χ2n) is 8.61. The van der Waals surface area contributed by atoms with Crippen molar-refractivity contribution in [2.24, 2.45) is 5.92 Å². The number of amides is 2. The smallest absolute Gasteiger partial charge is 0.261 e.